The lowest BCUT2D eigenvalue weighted by atomic mass is 10.1. The number of esters is 1. The second-order valence-electron chi connectivity index (χ2n) is 3.97. The summed E-state index contributed by atoms with van der Waals surface area (Å²) in [5.74, 6) is -0.363. The van der Waals surface area contributed by atoms with Gasteiger partial charge < -0.3 is 10.5 Å². The van der Waals surface area contributed by atoms with Gasteiger partial charge in [-0.15, -0.1) is 0 Å². The van der Waals surface area contributed by atoms with E-state index in [1.165, 1.54) is 0 Å². The van der Waals surface area contributed by atoms with Crippen molar-refractivity contribution in [2.75, 3.05) is 5.73 Å². The zero-order valence-corrected chi connectivity index (χ0v) is 10.1. The predicted molar refractivity (Wildman–Crippen MR) is 68.9 cm³/mol. The summed E-state index contributed by atoms with van der Waals surface area (Å²) in [5, 5.41) is 0. The van der Waals surface area contributed by atoms with Crippen LogP contribution in [0.4, 0.5) is 5.69 Å². The molecule has 0 bridgehead atoms. The molecule has 0 aliphatic heterocycles. The fourth-order valence-corrected chi connectivity index (χ4v) is 1.62. The maximum Gasteiger partial charge on any atom is 0.338 e. The third-order valence-corrected chi connectivity index (χ3v) is 2.55. The fourth-order valence-electron chi connectivity index (χ4n) is 1.62. The first-order chi connectivity index (χ1) is 8.66. The SMILES string of the molecule is Cc1cc(N)ccc1C(=O)OCc1ccccn1. The van der Waals surface area contributed by atoms with Gasteiger partial charge in [-0.3, -0.25) is 4.98 Å². The van der Waals surface area contributed by atoms with E-state index >= 15 is 0 Å². The topological polar surface area (TPSA) is 65.2 Å². The summed E-state index contributed by atoms with van der Waals surface area (Å²) in [7, 11) is 0. The molecular formula is C14H14N2O2. The van der Waals surface area contributed by atoms with E-state index in [0.717, 1.165) is 11.3 Å². The largest absolute Gasteiger partial charge is 0.456 e. The standard InChI is InChI=1S/C14H14N2O2/c1-10-8-11(15)5-6-13(10)14(17)18-9-12-4-2-3-7-16-12/h2-8H,9,15H2,1H3. The number of hydrogen-bond acceptors (Lipinski definition) is 4. The molecule has 4 heteroatoms. The molecule has 2 N–H and O–H groups in total. The molecule has 1 heterocycles. The van der Waals surface area contributed by atoms with Crippen LogP contribution < -0.4 is 5.73 Å². The van der Waals surface area contributed by atoms with E-state index in [9.17, 15) is 4.79 Å². The van der Waals surface area contributed by atoms with Crippen molar-refractivity contribution < 1.29 is 9.53 Å². The number of aryl methyl sites for hydroxylation is 1. The molecule has 4 nitrogen and oxygen atoms in total. The summed E-state index contributed by atoms with van der Waals surface area (Å²) < 4.78 is 5.19. The lowest BCUT2D eigenvalue weighted by Gasteiger charge is -2.07. The zero-order chi connectivity index (χ0) is 13.0. The van der Waals surface area contributed by atoms with Gasteiger partial charge in [0.25, 0.3) is 0 Å². The predicted octanol–water partition coefficient (Wildman–Crippen LogP) is 2.33. The lowest BCUT2D eigenvalue weighted by Crippen LogP contribution is -2.08. The summed E-state index contributed by atoms with van der Waals surface area (Å²) in [4.78, 5) is 15.9. The van der Waals surface area contributed by atoms with Gasteiger partial charge in [0, 0.05) is 11.9 Å². The maximum atomic E-state index is 11.9. The number of nitrogens with zero attached hydrogens (tertiary/aromatic N) is 1. The van der Waals surface area contributed by atoms with Crippen molar-refractivity contribution >= 4 is 11.7 Å². The van der Waals surface area contributed by atoms with Crippen LogP contribution in [-0.4, -0.2) is 11.0 Å². The van der Waals surface area contributed by atoms with E-state index in [0.29, 0.717) is 11.3 Å². The Morgan fingerprint density at radius 2 is 2.17 bits per heavy atom. The number of nitrogen functional groups attached to an aromatic ring is 1. The normalized spacial score (nSPS) is 10.1. The van der Waals surface area contributed by atoms with Crippen molar-refractivity contribution in [3.8, 4) is 0 Å². The van der Waals surface area contributed by atoms with Crippen molar-refractivity contribution in [2.24, 2.45) is 0 Å². The van der Waals surface area contributed by atoms with Crippen molar-refractivity contribution in [3.63, 3.8) is 0 Å². The van der Waals surface area contributed by atoms with E-state index in [-0.39, 0.29) is 12.6 Å². The lowest BCUT2D eigenvalue weighted by molar-refractivity contribution is 0.0467. The third kappa shape index (κ3) is 2.85. The highest BCUT2D eigenvalue weighted by Gasteiger charge is 2.10. The Labute approximate surface area is 105 Å². The quantitative estimate of drug-likeness (QED) is 0.662. The average molecular weight is 242 g/mol. The van der Waals surface area contributed by atoms with Crippen LogP contribution in [0.1, 0.15) is 21.6 Å². The number of anilines is 1. The number of carbonyl (C=O) groups is 1. The number of ether oxygens (including phenoxy) is 1. The van der Waals surface area contributed by atoms with Crippen molar-refractivity contribution in [2.45, 2.75) is 13.5 Å². The van der Waals surface area contributed by atoms with E-state index in [1.807, 2.05) is 25.1 Å². The van der Waals surface area contributed by atoms with Gasteiger partial charge in [-0.2, -0.15) is 0 Å². The first kappa shape index (κ1) is 12.1. The van der Waals surface area contributed by atoms with Crippen LogP contribution in [0.2, 0.25) is 0 Å². The van der Waals surface area contributed by atoms with E-state index in [2.05, 4.69) is 4.98 Å². The monoisotopic (exact) mass is 242 g/mol. The average Bonchev–Trinajstić information content (AvgIpc) is 2.37. The van der Waals surface area contributed by atoms with Crippen LogP contribution in [0.25, 0.3) is 0 Å². The molecule has 0 atom stereocenters. The molecule has 1 aromatic carbocycles. The van der Waals surface area contributed by atoms with Gasteiger partial charge in [0.15, 0.2) is 0 Å². The molecule has 92 valence electrons. The Balaban J connectivity index is 2.04. The summed E-state index contributed by atoms with van der Waals surface area (Å²) in [6.45, 7) is 2.00. The van der Waals surface area contributed by atoms with Crippen LogP contribution in [0.5, 0.6) is 0 Å². The smallest absolute Gasteiger partial charge is 0.338 e. The highest BCUT2D eigenvalue weighted by atomic mass is 16.5. The number of carbonyl (C=O) groups excluding carboxylic acids is 1. The van der Waals surface area contributed by atoms with Crippen molar-refractivity contribution in [3.05, 3.63) is 59.4 Å². The van der Waals surface area contributed by atoms with Gasteiger partial charge in [-0.1, -0.05) is 6.07 Å². The minimum atomic E-state index is -0.363. The highest BCUT2D eigenvalue weighted by Crippen LogP contribution is 2.14. The number of benzene rings is 1. The first-order valence-corrected chi connectivity index (χ1v) is 5.60. The van der Waals surface area contributed by atoms with Gasteiger partial charge in [-0.05, 0) is 42.8 Å². The Morgan fingerprint density at radius 1 is 1.33 bits per heavy atom. The number of nitrogens with two attached hydrogens (primary N) is 1. The summed E-state index contributed by atoms with van der Waals surface area (Å²) >= 11 is 0. The molecule has 2 rings (SSSR count). The molecule has 0 amide bonds. The van der Waals surface area contributed by atoms with Crippen molar-refractivity contribution in [1.82, 2.24) is 4.98 Å². The second kappa shape index (κ2) is 5.31. The molecule has 2 aromatic rings. The van der Waals surface area contributed by atoms with Gasteiger partial charge in [-0.25, -0.2) is 4.79 Å². The molecule has 0 fully saturated rings. The molecule has 1 aromatic heterocycles. The summed E-state index contributed by atoms with van der Waals surface area (Å²) in [6, 6.07) is 10.6. The van der Waals surface area contributed by atoms with Crippen LogP contribution >= 0.6 is 0 Å². The highest BCUT2D eigenvalue weighted by molar-refractivity contribution is 5.91. The van der Waals surface area contributed by atoms with Crippen molar-refractivity contribution in [1.29, 1.82) is 0 Å². The van der Waals surface area contributed by atoms with E-state index in [1.54, 1.807) is 24.4 Å². The Hall–Kier alpha value is -2.36. The molecule has 0 unspecified atom stereocenters. The van der Waals surface area contributed by atoms with Gasteiger partial charge in [0.1, 0.15) is 6.61 Å². The zero-order valence-electron chi connectivity index (χ0n) is 10.1. The summed E-state index contributed by atoms with van der Waals surface area (Å²) in [5.41, 5.74) is 8.32. The third-order valence-electron chi connectivity index (χ3n) is 2.55. The first-order valence-electron chi connectivity index (χ1n) is 5.60. The molecule has 0 spiro atoms. The number of rotatable bonds is 3. The molecule has 0 saturated carbocycles. The van der Waals surface area contributed by atoms with Crippen LogP contribution in [0.15, 0.2) is 42.6 Å². The fraction of sp³-hybridized carbons (Fsp3) is 0.143. The van der Waals surface area contributed by atoms with Gasteiger partial charge >= 0.3 is 5.97 Å². The van der Waals surface area contributed by atoms with E-state index < -0.39 is 0 Å². The van der Waals surface area contributed by atoms with Crippen LogP contribution in [0, 0.1) is 6.92 Å². The molecule has 0 radical (unpaired) electrons. The molecule has 18 heavy (non-hydrogen) atoms. The molecule has 0 aliphatic rings. The number of aromatic nitrogens is 1. The molecule has 0 saturated heterocycles. The van der Waals surface area contributed by atoms with Gasteiger partial charge in [0.2, 0.25) is 0 Å². The Kier molecular flexibility index (Phi) is 3.57. The molecule has 0 aliphatic carbocycles. The van der Waals surface area contributed by atoms with E-state index in [4.69, 9.17) is 10.5 Å². The minimum Gasteiger partial charge on any atom is -0.456 e. The second-order valence-corrected chi connectivity index (χ2v) is 3.97. The Morgan fingerprint density at radius 3 is 2.83 bits per heavy atom. The molecular weight excluding hydrogens is 228 g/mol. The summed E-state index contributed by atoms with van der Waals surface area (Å²) in [6.07, 6.45) is 1.66. The van der Waals surface area contributed by atoms with Gasteiger partial charge in [0.05, 0.1) is 11.3 Å². The van der Waals surface area contributed by atoms with Crippen LogP contribution in [-0.2, 0) is 11.3 Å². The Bertz CT molecular complexity index is 553. The maximum absolute atomic E-state index is 11.9. The minimum absolute atomic E-state index is 0.170. The number of pyridine rings is 1. The van der Waals surface area contributed by atoms with Crippen LogP contribution in [0.3, 0.4) is 0 Å². The number of hydrogen-bond donors (Lipinski definition) is 1.